The number of rotatable bonds is 3. The van der Waals surface area contributed by atoms with Crippen molar-refractivity contribution in [1.29, 1.82) is 5.26 Å². The molecule has 1 fully saturated rings. The number of hydrogen-bond acceptors (Lipinski definition) is 6. The largest absolute Gasteiger partial charge is 0.534 e. The van der Waals surface area contributed by atoms with Crippen molar-refractivity contribution in [3.05, 3.63) is 24.0 Å². The number of anilines is 1. The molecule has 0 amide bonds. The van der Waals surface area contributed by atoms with Crippen LogP contribution in [0.2, 0.25) is 0 Å². The Morgan fingerprint density at radius 2 is 1.89 bits per heavy atom. The molecule has 0 aliphatic carbocycles. The van der Waals surface area contributed by atoms with E-state index in [1.54, 1.807) is 6.07 Å². The third-order valence-electron chi connectivity index (χ3n) is 4.03. The van der Waals surface area contributed by atoms with Gasteiger partial charge in [-0.05, 0) is 0 Å². The summed E-state index contributed by atoms with van der Waals surface area (Å²) in [6, 6.07) is 2.64. The molecule has 146 valence electrons. The van der Waals surface area contributed by atoms with Crippen molar-refractivity contribution in [1.82, 2.24) is 9.61 Å². The molecule has 1 saturated heterocycles. The van der Waals surface area contributed by atoms with Crippen molar-refractivity contribution < 1.29 is 34.6 Å². The summed E-state index contributed by atoms with van der Waals surface area (Å²) in [6.07, 6.45) is 1.39. The van der Waals surface area contributed by atoms with E-state index >= 15 is 0 Å². The van der Waals surface area contributed by atoms with Crippen LogP contribution in [-0.2, 0) is 10.1 Å². The van der Waals surface area contributed by atoms with Crippen LogP contribution in [0.15, 0.2) is 18.5 Å². The predicted molar refractivity (Wildman–Crippen MR) is 81.9 cm³/mol. The summed E-state index contributed by atoms with van der Waals surface area (Å²) in [5.74, 6) is -3.62. The van der Waals surface area contributed by atoms with Gasteiger partial charge in [-0.3, -0.25) is 0 Å². The molecule has 0 spiro atoms. The van der Waals surface area contributed by atoms with Crippen LogP contribution in [0, 0.1) is 11.3 Å². The van der Waals surface area contributed by atoms with Gasteiger partial charge in [0, 0.05) is 32.0 Å². The zero-order chi connectivity index (χ0) is 20.0. The molecule has 0 N–H and O–H groups in total. The van der Waals surface area contributed by atoms with E-state index in [1.807, 2.05) is 0 Å². The van der Waals surface area contributed by atoms with E-state index in [9.17, 15) is 30.4 Å². The maximum absolute atomic E-state index is 13.3. The lowest BCUT2D eigenvalue weighted by Gasteiger charge is -2.33. The third kappa shape index (κ3) is 3.61. The van der Waals surface area contributed by atoms with Gasteiger partial charge in [-0.1, -0.05) is 0 Å². The maximum atomic E-state index is 13.3. The number of alkyl halides is 5. The minimum atomic E-state index is -6.00. The van der Waals surface area contributed by atoms with Gasteiger partial charge < -0.3 is 9.08 Å². The third-order valence-corrected chi connectivity index (χ3v) is 4.99. The van der Waals surface area contributed by atoms with E-state index in [0.29, 0.717) is 0 Å². The summed E-state index contributed by atoms with van der Waals surface area (Å²) < 4.78 is 92.6. The molecule has 0 atom stereocenters. The smallest absolute Gasteiger partial charge is 0.374 e. The summed E-state index contributed by atoms with van der Waals surface area (Å²) >= 11 is 0. The lowest BCUT2D eigenvalue weighted by Crippen LogP contribution is -2.39. The fraction of sp³-hybridized carbons (Fsp3) is 0.429. The first kappa shape index (κ1) is 19.2. The summed E-state index contributed by atoms with van der Waals surface area (Å²) in [4.78, 5) is 1.44. The monoisotopic (exact) mass is 410 g/mol. The number of nitrogens with zero attached hydrogens (tertiary/aromatic N) is 4. The van der Waals surface area contributed by atoms with Crippen molar-refractivity contribution in [3.8, 4) is 11.8 Å². The van der Waals surface area contributed by atoms with Gasteiger partial charge in [0.2, 0.25) is 0 Å². The van der Waals surface area contributed by atoms with E-state index in [-0.39, 0.29) is 29.9 Å². The first-order valence-corrected chi connectivity index (χ1v) is 8.89. The molecule has 1 aliphatic rings. The number of pyridine rings is 1. The van der Waals surface area contributed by atoms with Gasteiger partial charge in [-0.25, -0.2) is 13.3 Å². The molecular formula is C14H11F5N4O3S. The summed E-state index contributed by atoms with van der Waals surface area (Å²) in [6.45, 7) is -0.202. The molecule has 13 heteroatoms. The minimum Gasteiger partial charge on any atom is -0.374 e. The maximum Gasteiger partial charge on any atom is 0.534 e. The molecule has 0 bridgehead atoms. The molecule has 27 heavy (non-hydrogen) atoms. The topological polar surface area (TPSA) is 87.7 Å². The Morgan fingerprint density at radius 3 is 2.44 bits per heavy atom. The lowest BCUT2D eigenvalue weighted by atomic mass is 10.1. The highest BCUT2D eigenvalue weighted by Gasteiger charge is 2.49. The zero-order valence-corrected chi connectivity index (χ0v) is 14.2. The lowest BCUT2D eigenvalue weighted by molar-refractivity contribution is -0.0499. The van der Waals surface area contributed by atoms with E-state index in [1.165, 1.54) is 11.1 Å². The molecular weight excluding hydrogens is 399 g/mol. The Hall–Kier alpha value is -2.62. The van der Waals surface area contributed by atoms with E-state index in [2.05, 4.69) is 9.28 Å². The van der Waals surface area contributed by atoms with Crippen molar-refractivity contribution in [2.24, 2.45) is 0 Å². The van der Waals surface area contributed by atoms with Crippen LogP contribution in [0.4, 0.5) is 27.6 Å². The Kier molecular flexibility index (Phi) is 4.41. The molecule has 0 unspecified atom stereocenters. The molecule has 2 aromatic rings. The molecule has 2 aromatic heterocycles. The quantitative estimate of drug-likeness (QED) is 0.439. The van der Waals surface area contributed by atoms with Gasteiger partial charge in [0.1, 0.15) is 17.1 Å². The summed E-state index contributed by atoms with van der Waals surface area (Å²) in [7, 11) is -6.00. The van der Waals surface area contributed by atoms with Crippen molar-refractivity contribution in [2.45, 2.75) is 24.3 Å². The van der Waals surface area contributed by atoms with Crippen LogP contribution in [-0.4, -0.2) is 42.6 Å². The predicted octanol–water partition coefficient (Wildman–Crippen LogP) is 2.67. The van der Waals surface area contributed by atoms with Crippen LogP contribution in [0.1, 0.15) is 18.4 Å². The van der Waals surface area contributed by atoms with Gasteiger partial charge in [-0.2, -0.15) is 31.9 Å². The van der Waals surface area contributed by atoms with E-state index in [4.69, 9.17) is 5.26 Å². The first-order valence-electron chi connectivity index (χ1n) is 7.48. The standard InChI is InChI=1S/C14H11F5N4O3S/c15-13(16)1-3-22(4-2-13)10-5-11(26-27(24,25)14(17,18)19)12-9(6-20)7-21-23(12)8-10/h5,7-8H,1-4H2. The Balaban J connectivity index is 2.08. The molecule has 0 aromatic carbocycles. The number of halogens is 5. The molecule has 0 radical (unpaired) electrons. The van der Waals surface area contributed by atoms with E-state index < -0.39 is 40.1 Å². The second-order valence-electron chi connectivity index (χ2n) is 5.85. The van der Waals surface area contributed by atoms with Crippen LogP contribution in [0.25, 0.3) is 5.52 Å². The van der Waals surface area contributed by atoms with Gasteiger partial charge in [0.15, 0.2) is 5.75 Å². The fourth-order valence-corrected chi connectivity index (χ4v) is 3.10. The van der Waals surface area contributed by atoms with Crippen LogP contribution in [0.5, 0.6) is 5.75 Å². The number of nitriles is 1. The highest BCUT2D eigenvalue weighted by Crippen LogP contribution is 2.36. The van der Waals surface area contributed by atoms with Crippen molar-refractivity contribution >= 4 is 21.3 Å². The van der Waals surface area contributed by atoms with Crippen LogP contribution >= 0.6 is 0 Å². The fourth-order valence-electron chi connectivity index (χ4n) is 2.65. The van der Waals surface area contributed by atoms with Gasteiger partial charge in [-0.15, -0.1) is 0 Å². The highest BCUT2D eigenvalue weighted by atomic mass is 32.2. The average molecular weight is 410 g/mol. The minimum absolute atomic E-state index is 0.101. The van der Waals surface area contributed by atoms with E-state index in [0.717, 1.165) is 16.8 Å². The number of aromatic nitrogens is 2. The van der Waals surface area contributed by atoms with Gasteiger partial charge in [0.05, 0.1) is 18.1 Å². The Labute approximate surface area is 149 Å². The van der Waals surface area contributed by atoms with Crippen molar-refractivity contribution in [3.63, 3.8) is 0 Å². The van der Waals surface area contributed by atoms with Gasteiger partial charge in [0.25, 0.3) is 5.92 Å². The Morgan fingerprint density at radius 1 is 1.26 bits per heavy atom. The van der Waals surface area contributed by atoms with Crippen LogP contribution in [0.3, 0.4) is 0 Å². The molecule has 3 rings (SSSR count). The molecule has 3 heterocycles. The van der Waals surface area contributed by atoms with Crippen molar-refractivity contribution in [2.75, 3.05) is 18.0 Å². The highest BCUT2D eigenvalue weighted by molar-refractivity contribution is 7.88. The van der Waals surface area contributed by atoms with Crippen LogP contribution < -0.4 is 9.08 Å². The average Bonchev–Trinajstić information content (AvgIpc) is 2.96. The number of piperidine rings is 1. The number of fused-ring (bicyclic) bond motifs is 1. The summed E-state index contributed by atoms with van der Waals surface area (Å²) in [5.41, 5.74) is -6.03. The molecule has 1 aliphatic heterocycles. The van der Waals surface area contributed by atoms with Gasteiger partial charge >= 0.3 is 15.6 Å². The molecule has 0 saturated carbocycles. The number of hydrogen-bond donors (Lipinski definition) is 0. The second-order valence-corrected chi connectivity index (χ2v) is 7.39. The zero-order valence-electron chi connectivity index (χ0n) is 13.4. The second kappa shape index (κ2) is 6.22. The molecule has 7 nitrogen and oxygen atoms in total. The summed E-state index contributed by atoms with van der Waals surface area (Å²) in [5, 5.41) is 12.8. The normalized spacial score (nSPS) is 17.7. The Bertz CT molecular complexity index is 1020. The first-order chi connectivity index (χ1) is 12.4. The SMILES string of the molecule is N#Cc1cnn2cc(N3CCC(F)(F)CC3)cc(OS(=O)(=O)C(F)(F)F)c12.